The summed E-state index contributed by atoms with van der Waals surface area (Å²) in [5, 5.41) is 3.24. The molecule has 1 heterocycles. The fourth-order valence-electron chi connectivity index (χ4n) is 2.42. The Labute approximate surface area is 154 Å². The third-order valence-electron chi connectivity index (χ3n) is 3.78. The van der Waals surface area contributed by atoms with Crippen molar-refractivity contribution in [2.24, 2.45) is 4.99 Å². The molecule has 0 atom stereocenters. The summed E-state index contributed by atoms with van der Waals surface area (Å²) in [5.41, 5.74) is 0.807. The smallest absolute Gasteiger partial charge is 0.193 e. The zero-order chi connectivity index (χ0) is 18.8. The van der Waals surface area contributed by atoms with Crippen LogP contribution in [0.1, 0.15) is 18.4 Å². The summed E-state index contributed by atoms with van der Waals surface area (Å²) in [6, 6.07) is 8.38. The molecule has 0 saturated heterocycles. The van der Waals surface area contributed by atoms with E-state index in [2.05, 4.69) is 21.9 Å². The summed E-state index contributed by atoms with van der Waals surface area (Å²) in [5.74, 6) is 1.03. The molecule has 0 amide bonds. The second-order valence-corrected chi connectivity index (χ2v) is 5.81. The summed E-state index contributed by atoms with van der Waals surface area (Å²) in [6.07, 6.45) is 7.06. The third kappa shape index (κ3) is 5.88. The van der Waals surface area contributed by atoms with Crippen LogP contribution in [0.25, 0.3) is 0 Å². The summed E-state index contributed by atoms with van der Waals surface area (Å²) in [4.78, 5) is 10.2. The number of halogens is 1. The van der Waals surface area contributed by atoms with Crippen molar-refractivity contribution in [2.45, 2.75) is 19.4 Å². The summed E-state index contributed by atoms with van der Waals surface area (Å²) >= 11 is 0. The number of rotatable bonds is 8. The fourth-order valence-corrected chi connectivity index (χ4v) is 2.42. The molecule has 0 aliphatic heterocycles. The van der Waals surface area contributed by atoms with E-state index in [9.17, 15) is 4.39 Å². The van der Waals surface area contributed by atoms with Crippen molar-refractivity contribution < 1.29 is 9.13 Å². The molecule has 138 valence electrons. The minimum absolute atomic E-state index is 0.174. The number of unbranched alkanes of at least 4 members (excludes halogenated alkanes) is 1. The highest BCUT2D eigenvalue weighted by atomic mass is 19.1. The van der Waals surface area contributed by atoms with Gasteiger partial charge in [-0.05, 0) is 42.7 Å². The minimum atomic E-state index is -0.414. The Morgan fingerprint density at radius 2 is 2.27 bits per heavy atom. The van der Waals surface area contributed by atoms with E-state index in [0.717, 1.165) is 30.9 Å². The van der Waals surface area contributed by atoms with E-state index in [0.29, 0.717) is 12.3 Å². The molecule has 1 N–H and O–H groups in total. The van der Waals surface area contributed by atoms with Gasteiger partial charge in [-0.1, -0.05) is 12.1 Å². The lowest BCUT2D eigenvalue weighted by Gasteiger charge is -2.22. The van der Waals surface area contributed by atoms with Crippen LogP contribution in [0.5, 0.6) is 11.5 Å². The van der Waals surface area contributed by atoms with Crippen LogP contribution in [0.2, 0.25) is 0 Å². The zero-order valence-corrected chi connectivity index (χ0v) is 15.3. The Morgan fingerprint density at radius 1 is 1.42 bits per heavy atom. The van der Waals surface area contributed by atoms with Crippen LogP contribution in [-0.4, -0.2) is 36.5 Å². The molecule has 0 fully saturated rings. The van der Waals surface area contributed by atoms with Gasteiger partial charge >= 0.3 is 0 Å². The van der Waals surface area contributed by atoms with Crippen molar-refractivity contribution in [1.29, 1.82) is 0 Å². The quantitative estimate of drug-likeness (QED) is 0.336. The maximum atomic E-state index is 14.3. The van der Waals surface area contributed by atoms with Crippen molar-refractivity contribution in [3.05, 3.63) is 66.8 Å². The number of pyridine rings is 1. The van der Waals surface area contributed by atoms with Crippen LogP contribution in [0.15, 0.2) is 60.4 Å². The molecule has 2 rings (SSSR count). The van der Waals surface area contributed by atoms with Crippen molar-refractivity contribution in [3.8, 4) is 11.5 Å². The van der Waals surface area contributed by atoms with Crippen LogP contribution < -0.4 is 10.1 Å². The lowest BCUT2D eigenvalue weighted by atomic mass is 10.2. The summed E-state index contributed by atoms with van der Waals surface area (Å²) < 4.78 is 19.8. The van der Waals surface area contributed by atoms with Gasteiger partial charge < -0.3 is 15.0 Å². The molecule has 0 aliphatic carbocycles. The highest BCUT2D eigenvalue weighted by Gasteiger charge is 2.08. The van der Waals surface area contributed by atoms with Gasteiger partial charge in [0.05, 0.1) is 6.20 Å². The Hall–Kier alpha value is -2.89. The van der Waals surface area contributed by atoms with Crippen molar-refractivity contribution in [3.63, 3.8) is 0 Å². The Balaban J connectivity index is 1.93. The van der Waals surface area contributed by atoms with Crippen molar-refractivity contribution >= 4 is 5.96 Å². The molecule has 0 spiro atoms. The van der Waals surface area contributed by atoms with E-state index in [1.54, 1.807) is 37.6 Å². The predicted molar refractivity (Wildman–Crippen MR) is 103 cm³/mol. The molecule has 26 heavy (non-hydrogen) atoms. The van der Waals surface area contributed by atoms with Gasteiger partial charge in [0.25, 0.3) is 0 Å². The maximum Gasteiger partial charge on any atom is 0.193 e. The van der Waals surface area contributed by atoms with E-state index >= 15 is 0 Å². The fraction of sp³-hybridized carbons (Fsp3) is 0.300. The molecule has 0 radical (unpaired) electrons. The van der Waals surface area contributed by atoms with Crippen molar-refractivity contribution in [2.75, 3.05) is 20.6 Å². The standard InChI is InChI=1S/C20H25FN4O/c1-4-5-6-12-25(3)20(22-2)24-14-16-9-10-19(18(21)13-16)26-17-8-7-11-23-15-17/h4,7-11,13,15H,1,5-6,12,14H2,2-3H3,(H,22,24). The first kappa shape index (κ1) is 19.4. The van der Waals surface area contributed by atoms with E-state index in [1.165, 1.54) is 6.07 Å². The monoisotopic (exact) mass is 356 g/mol. The zero-order valence-electron chi connectivity index (χ0n) is 15.3. The van der Waals surface area contributed by atoms with E-state index in [-0.39, 0.29) is 5.75 Å². The predicted octanol–water partition coefficient (Wildman–Crippen LogP) is 3.99. The van der Waals surface area contributed by atoms with Gasteiger partial charge in [0.15, 0.2) is 17.5 Å². The minimum Gasteiger partial charge on any atom is -0.453 e. The number of hydrogen-bond acceptors (Lipinski definition) is 3. The largest absolute Gasteiger partial charge is 0.453 e. The average molecular weight is 356 g/mol. The number of ether oxygens (including phenoxy) is 1. The molecule has 0 saturated carbocycles. The van der Waals surface area contributed by atoms with Crippen LogP contribution in [0.3, 0.4) is 0 Å². The molecule has 0 bridgehead atoms. The molecule has 1 aromatic carbocycles. The molecular weight excluding hydrogens is 331 g/mol. The highest BCUT2D eigenvalue weighted by Crippen LogP contribution is 2.24. The van der Waals surface area contributed by atoms with E-state index in [1.807, 2.05) is 24.1 Å². The average Bonchev–Trinajstić information content (AvgIpc) is 2.65. The number of aromatic nitrogens is 1. The molecule has 6 heteroatoms. The maximum absolute atomic E-state index is 14.3. The van der Waals surface area contributed by atoms with Gasteiger partial charge in [-0.3, -0.25) is 9.98 Å². The summed E-state index contributed by atoms with van der Waals surface area (Å²) in [6.45, 7) is 5.07. The number of nitrogens with zero attached hydrogens (tertiary/aromatic N) is 3. The lowest BCUT2D eigenvalue weighted by molar-refractivity contribution is 0.439. The number of benzene rings is 1. The van der Waals surface area contributed by atoms with Gasteiger partial charge in [0, 0.05) is 33.4 Å². The number of hydrogen-bond donors (Lipinski definition) is 1. The number of nitrogens with one attached hydrogen (secondary N) is 1. The van der Waals surface area contributed by atoms with Gasteiger partial charge in [-0.25, -0.2) is 4.39 Å². The first-order valence-electron chi connectivity index (χ1n) is 8.53. The Morgan fingerprint density at radius 3 is 2.92 bits per heavy atom. The van der Waals surface area contributed by atoms with E-state index < -0.39 is 5.82 Å². The van der Waals surface area contributed by atoms with Crippen LogP contribution in [0.4, 0.5) is 4.39 Å². The second kappa shape index (κ2) is 10.2. The van der Waals surface area contributed by atoms with E-state index in [4.69, 9.17) is 4.74 Å². The lowest BCUT2D eigenvalue weighted by Crippen LogP contribution is -2.38. The first-order valence-corrected chi connectivity index (χ1v) is 8.53. The Bertz CT molecular complexity index is 734. The first-order chi connectivity index (χ1) is 12.6. The number of aliphatic imine (C=N–C) groups is 1. The molecular formula is C20H25FN4O. The molecule has 1 aromatic heterocycles. The van der Waals surface area contributed by atoms with Crippen molar-refractivity contribution in [1.82, 2.24) is 15.2 Å². The normalized spacial score (nSPS) is 11.1. The highest BCUT2D eigenvalue weighted by molar-refractivity contribution is 5.79. The topological polar surface area (TPSA) is 49.8 Å². The summed E-state index contributed by atoms with van der Waals surface area (Å²) in [7, 11) is 3.71. The number of allylic oxidation sites excluding steroid dienone is 1. The van der Waals surface area contributed by atoms with Gasteiger partial charge in [-0.2, -0.15) is 0 Å². The van der Waals surface area contributed by atoms with Crippen LogP contribution in [0, 0.1) is 5.82 Å². The molecule has 2 aromatic rings. The van der Waals surface area contributed by atoms with Crippen LogP contribution >= 0.6 is 0 Å². The molecule has 0 unspecified atom stereocenters. The number of guanidine groups is 1. The second-order valence-electron chi connectivity index (χ2n) is 5.81. The Kier molecular flexibility index (Phi) is 7.61. The van der Waals surface area contributed by atoms with Gasteiger partial charge in [0.2, 0.25) is 0 Å². The molecule has 5 nitrogen and oxygen atoms in total. The SMILES string of the molecule is C=CCCCN(C)C(=NC)NCc1ccc(Oc2cccnc2)c(F)c1. The third-order valence-corrected chi connectivity index (χ3v) is 3.78. The molecule has 0 aliphatic rings. The van der Waals surface area contributed by atoms with Crippen LogP contribution in [-0.2, 0) is 6.54 Å². The van der Waals surface area contributed by atoms with Gasteiger partial charge in [-0.15, -0.1) is 6.58 Å². The van der Waals surface area contributed by atoms with Gasteiger partial charge in [0.1, 0.15) is 5.75 Å².